The van der Waals surface area contributed by atoms with E-state index in [-0.39, 0.29) is 17.9 Å². The van der Waals surface area contributed by atoms with E-state index in [0.717, 1.165) is 0 Å². The van der Waals surface area contributed by atoms with Gasteiger partial charge < -0.3 is 20.1 Å². The van der Waals surface area contributed by atoms with Gasteiger partial charge >= 0.3 is 0 Å². The minimum atomic E-state index is -0.654. The lowest BCUT2D eigenvalue weighted by atomic mass is 10.1. The Labute approximate surface area is 206 Å². The Bertz CT molecular complexity index is 1270. The van der Waals surface area contributed by atoms with Crippen LogP contribution >= 0.6 is 23.2 Å². The standard InChI is InChI=1S/C25H19Cl2N3O4/c1-33-20-9-7-19(8-10-20)29-24(31)15-34-23-11-6-18(26)13-16(23)12-17(14-28)25(32)30-22-5-3-2-4-21(22)27/h2-13H,15H2,1H3,(H,29,31)(H,30,32). The van der Waals surface area contributed by atoms with Crippen LogP contribution in [0.2, 0.25) is 10.0 Å². The Morgan fingerprint density at radius 3 is 2.44 bits per heavy atom. The van der Waals surface area contributed by atoms with E-state index >= 15 is 0 Å². The van der Waals surface area contributed by atoms with Crippen molar-refractivity contribution < 1.29 is 19.1 Å². The first-order valence-corrected chi connectivity index (χ1v) is 10.7. The molecule has 0 aromatic heterocycles. The van der Waals surface area contributed by atoms with E-state index in [1.807, 2.05) is 6.07 Å². The molecule has 2 N–H and O–H groups in total. The molecule has 0 aliphatic rings. The molecule has 34 heavy (non-hydrogen) atoms. The van der Waals surface area contributed by atoms with Crippen LogP contribution < -0.4 is 20.1 Å². The van der Waals surface area contributed by atoms with Crippen LogP contribution in [-0.4, -0.2) is 25.5 Å². The van der Waals surface area contributed by atoms with Crippen molar-refractivity contribution in [3.8, 4) is 17.6 Å². The number of amides is 2. The van der Waals surface area contributed by atoms with Crippen LogP contribution in [0.5, 0.6) is 11.5 Å². The van der Waals surface area contributed by atoms with E-state index in [0.29, 0.717) is 32.7 Å². The number of halogens is 2. The Morgan fingerprint density at radius 2 is 1.76 bits per heavy atom. The molecule has 0 radical (unpaired) electrons. The highest BCUT2D eigenvalue weighted by Gasteiger charge is 2.14. The van der Waals surface area contributed by atoms with E-state index in [4.69, 9.17) is 32.7 Å². The number of benzene rings is 3. The predicted octanol–water partition coefficient (Wildman–Crippen LogP) is 5.57. The Kier molecular flexibility index (Phi) is 8.52. The fourth-order valence-corrected chi connectivity index (χ4v) is 3.20. The molecule has 3 aromatic rings. The van der Waals surface area contributed by atoms with Gasteiger partial charge in [0.25, 0.3) is 11.8 Å². The summed E-state index contributed by atoms with van der Waals surface area (Å²) in [5.41, 5.74) is 1.10. The van der Waals surface area contributed by atoms with Crippen molar-refractivity contribution in [2.45, 2.75) is 0 Å². The molecule has 0 saturated heterocycles. The molecule has 0 aliphatic carbocycles. The first-order valence-electron chi connectivity index (χ1n) is 9.93. The van der Waals surface area contributed by atoms with Gasteiger partial charge in [0, 0.05) is 16.3 Å². The minimum Gasteiger partial charge on any atom is -0.497 e. The molecular weight excluding hydrogens is 477 g/mol. The lowest BCUT2D eigenvalue weighted by Gasteiger charge is -2.11. The van der Waals surface area contributed by atoms with Gasteiger partial charge in [-0.2, -0.15) is 5.26 Å². The summed E-state index contributed by atoms with van der Waals surface area (Å²) in [4.78, 5) is 24.9. The van der Waals surface area contributed by atoms with Crippen LogP contribution in [0.3, 0.4) is 0 Å². The fourth-order valence-electron chi connectivity index (χ4n) is 2.83. The number of carbonyl (C=O) groups excluding carboxylic acids is 2. The number of rotatable bonds is 8. The highest BCUT2D eigenvalue weighted by Crippen LogP contribution is 2.27. The normalized spacial score (nSPS) is 10.7. The second kappa shape index (κ2) is 11.8. The summed E-state index contributed by atoms with van der Waals surface area (Å²) in [7, 11) is 1.55. The molecule has 3 rings (SSSR count). The highest BCUT2D eigenvalue weighted by atomic mass is 35.5. The summed E-state index contributed by atoms with van der Waals surface area (Å²) in [6, 6.07) is 20.0. The molecule has 3 aromatic carbocycles. The molecule has 0 bridgehead atoms. The Balaban J connectivity index is 1.73. The number of nitrogens with zero attached hydrogens (tertiary/aromatic N) is 1. The monoisotopic (exact) mass is 495 g/mol. The highest BCUT2D eigenvalue weighted by molar-refractivity contribution is 6.34. The molecule has 2 amide bonds. The van der Waals surface area contributed by atoms with E-state index in [2.05, 4.69) is 10.6 Å². The minimum absolute atomic E-state index is 0.199. The number of anilines is 2. The number of nitrogens with one attached hydrogen (secondary N) is 2. The zero-order valence-electron chi connectivity index (χ0n) is 18.0. The summed E-state index contributed by atoms with van der Waals surface area (Å²) in [6.45, 7) is -0.303. The molecule has 0 saturated carbocycles. The maximum Gasteiger partial charge on any atom is 0.266 e. The number of methoxy groups -OCH3 is 1. The SMILES string of the molecule is COc1ccc(NC(=O)COc2ccc(Cl)cc2C=C(C#N)C(=O)Nc2ccccc2Cl)cc1. The lowest BCUT2D eigenvalue weighted by molar-refractivity contribution is -0.118. The Hall–Kier alpha value is -3.99. The van der Waals surface area contributed by atoms with Crippen LogP contribution in [0.4, 0.5) is 11.4 Å². The maximum atomic E-state index is 12.6. The predicted molar refractivity (Wildman–Crippen MR) is 132 cm³/mol. The van der Waals surface area contributed by atoms with E-state index in [1.54, 1.807) is 67.8 Å². The van der Waals surface area contributed by atoms with Gasteiger partial charge in [-0.25, -0.2) is 0 Å². The van der Waals surface area contributed by atoms with Crippen LogP contribution in [0.15, 0.2) is 72.3 Å². The van der Waals surface area contributed by atoms with Gasteiger partial charge in [-0.15, -0.1) is 0 Å². The number of nitriles is 1. The molecule has 0 heterocycles. The molecule has 0 aliphatic heterocycles. The zero-order chi connectivity index (χ0) is 24.5. The van der Waals surface area contributed by atoms with Gasteiger partial charge in [-0.1, -0.05) is 35.3 Å². The second-order valence-corrected chi connectivity index (χ2v) is 7.69. The van der Waals surface area contributed by atoms with Crippen molar-refractivity contribution >= 4 is 52.5 Å². The van der Waals surface area contributed by atoms with Crippen LogP contribution in [0, 0.1) is 11.3 Å². The van der Waals surface area contributed by atoms with E-state index in [9.17, 15) is 14.9 Å². The van der Waals surface area contributed by atoms with Gasteiger partial charge in [0.05, 0.1) is 17.8 Å². The third-order valence-corrected chi connectivity index (χ3v) is 5.06. The van der Waals surface area contributed by atoms with Crippen molar-refractivity contribution in [3.63, 3.8) is 0 Å². The van der Waals surface area contributed by atoms with E-state index in [1.165, 1.54) is 12.1 Å². The third-order valence-electron chi connectivity index (χ3n) is 4.49. The lowest BCUT2D eigenvalue weighted by Crippen LogP contribution is -2.20. The molecule has 0 fully saturated rings. The van der Waals surface area contributed by atoms with Gasteiger partial charge in [-0.05, 0) is 60.7 Å². The largest absolute Gasteiger partial charge is 0.497 e. The van der Waals surface area contributed by atoms with Crippen LogP contribution in [0.1, 0.15) is 5.56 Å². The number of ether oxygens (including phenoxy) is 2. The fraction of sp³-hybridized carbons (Fsp3) is 0.0800. The first kappa shape index (κ1) is 24.6. The van der Waals surface area contributed by atoms with Gasteiger partial charge in [-0.3, -0.25) is 9.59 Å². The molecule has 0 spiro atoms. The average molecular weight is 496 g/mol. The number of carbonyl (C=O) groups is 2. The molecule has 172 valence electrons. The quantitative estimate of drug-likeness (QED) is 0.314. The van der Waals surface area contributed by atoms with Crippen LogP contribution in [0.25, 0.3) is 6.08 Å². The maximum absolute atomic E-state index is 12.6. The van der Waals surface area contributed by atoms with Gasteiger partial charge in [0.15, 0.2) is 6.61 Å². The van der Waals surface area contributed by atoms with Crippen LogP contribution in [-0.2, 0) is 9.59 Å². The van der Waals surface area contributed by atoms with Crippen molar-refractivity contribution in [1.29, 1.82) is 5.26 Å². The number of hydrogen-bond donors (Lipinski definition) is 2. The summed E-state index contributed by atoms with van der Waals surface area (Å²) >= 11 is 12.2. The molecule has 9 heteroatoms. The topological polar surface area (TPSA) is 100 Å². The Morgan fingerprint density at radius 1 is 1.03 bits per heavy atom. The molecule has 7 nitrogen and oxygen atoms in total. The van der Waals surface area contributed by atoms with Crippen molar-refractivity contribution in [1.82, 2.24) is 0 Å². The molecule has 0 atom stereocenters. The average Bonchev–Trinajstić information content (AvgIpc) is 2.83. The molecule has 0 unspecified atom stereocenters. The van der Waals surface area contributed by atoms with Gasteiger partial charge in [0.2, 0.25) is 0 Å². The van der Waals surface area contributed by atoms with Crippen molar-refractivity contribution in [2.24, 2.45) is 0 Å². The summed E-state index contributed by atoms with van der Waals surface area (Å²) < 4.78 is 10.7. The number of hydrogen-bond acceptors (Lipinski definition) is 5. The summed E-state index contributed by atoms with van der Waals surface area (Å²) in [6.07, 6.45) is 1.33. The van der Waals surface area contributed by atoms with Gasteiger partial charge in [0.1, 0.15) is 23.1 Å². The van der Waals surface area contributed by atoms with Crippen molar-refractivity contribution in [2.75, 3.05) is 24.4 Å². The number of para-hydroxylation sites is 1. The smallest absolute Gasteiger partial charge is 0.266 e. The van der Waals surface area contributed by atoms with Crippen molar-refractivity contribution in [3.05, 3.63) is 87.9 Å². The third kappa shape index (κ3) is 6.75. The second-order valence-electron chi connectivity index (χ2n) is 6.85. The summed E-state index contributed by atoms with van der Waals surface area (Å²) in [5.74, 6) is -0.114. The summed E-state index contributed by atoms with van der Waals surface area (Å²) in [5, 5.41) is 15.5. The first-order chi connectivity index (χ1) is 16.4. The molecular formula is C25H19Cl2N3O4. The van der Waals surface area contributed by atoms with E-state index < -0.39 is 11.8 Å². The zero-order valence-corrected chi connectivity index (χ0v) is 19.5.